The Kier molecular flexibility index (Phi) is 7.25. The fourth-order valence-electron chi connectivity index (χ4n) is 2.54. The van der Waals surface area contributed by atoms with Crippen molar-refractivity contribution in [3.8, 4) is 0 Å². The van der Waals surface area contributed by atoms with Gasteiger partial charge in [-0.3, -0.25) is 9.59 Å². The van der Waals surface area contributed by atoms with E-state index in [0.29, 0.717) is 18.0 Å². The minimum absolute atomic E-state index is 0.322. The van der Waals surface area contributed by atoms with Gasteiger partial charge < -0.3 is 19.7 Å². The number of morpholine rings is 1. The maximum Gasteiger partial charge on any atom is 0.306 e. The topological polar surface area (TPSA) is 67.9 Å². The third-order valence-corrected chi connectivity index (χ3v) is 4.11. The molecule has 6 heteroatoms. The summed E-state index contributed by atoms with van der Waals surface area (Å²) in [6.07, 6.45) is 0.290. The molecule has 1 amide bonds. The number of ether oxygens (including phenoxy) is 2. The fraction of sp³-hybridized carbons (Fsp3) is 0.579. The quantitative estimate of drug-likeness (QED) is 0.768. The number of hydrogen-bond acceptors (Lipinski definition) is 5. The van der Waals surface area contributed by atoms with Gasteiger partial charge in [-0.2, -0.15) is 0 Å². The Morgan fingerprint density at radius 1 is 1.16 bits per heavy atom. The van der Waals surface area contributed by atoms with Crippen LogP contribution >= 0.6 is 0 Å². The molecule has 2 rings (SSSR count). The predicted molar refractivity (Wildman–Crippen MR) is 97.7 cm³/mol. The van der Waals surface area contributed by atoms with Crippen molar-refractivity contribution in [1.29, 1.82) is 0 Å². The number of nitrogens with zero attached hydrogens (tertiary/aromatic N) is 1. The number of anilines is 2. The van der Waals surface area contributed by atoms with Crippen LogP contribution in [0.2, 0.25) is 0 Å². The zero-order chi connectivity index (χ0) is 18.2. The lowest BCUT2D eigenvalue weighted by molar-refractivity contribution is -0.153. The summed E-state index contributed by atoms with van der Waals surface area (Å²) in [5.41, 5.74) is 1.79. The van der Waals surface area contributed by atoms with Crippen molar-refractivity contribution in [1.82, 2.24) is 0 Å². The molecule has 0 spiro atoms. The molecule has 25 heavy (non-hydrogen) atoms. The lowest BCUT2D eigenvalue weighted by atomic mass is 10.1. The number of benzene rings is 1. The summed E-state index contributed by atoms with van der Waals surface area (Å²) in [6, 6.07) is 7.66. The Hall–Kier alpha value is -2.08. The van der Waals surface area contributed by atoms with Crippen LogP contribution in [0.5, 0.6) is 0 Å². The van der Waals surface area contributed by atoms with Crippen LogP contribution in [-0.2, 0) is 19.1 Å². The average Bonchev–Trinajstić information content (AvgIpc) is 2.61. The Balaban J connectivity index is 1.81. The monoisotopic (exact) mass is 348 g/mol. The van der Waals surface area contributed by atoms with Crippen LogP contribution < -0.4 is 10.2 Å². The maximum absolute atomic E-state index is 12.2. The lowest BCUT2D eigenvalue weighted by Crippen LogP contribution is -2.36. The molecular weight excluding hydrogens is 320 g/mol. The van der Waals surface area contributed by atoms with Gasteiger partial charge in [0.2, 0.25) is 0 Å². The standard InChI is InChI=1S/C19H28N2O4/c1-14(2)4-9-18(22)25-15(3)19(23)20-16-5-7-17(8-6-16)21-10-12-24-13-11-21/h5-8,14-15H,4,9-13H2,1-3H3,(H,20,23)/t15-/m1/s1. The van der Waals surface area contributed by atoms with Gasteiger partial charge in [-0.05, 0) is 43.5 Å². The molecule has 1 atom stereocenters. The second-order valence-corrected chi connectivity index (χ2v) is 6.70. The van der Waals surface area contributed by atoms with E-state index in [1.807, 2.05) is 38.1 Å². The number of esters is 1. The minimum Gasteiger partial charge on any atom is -0.453 e. The smallest absolute Gasteiger partial charge is 0.306 e. The van der Waals surface area contributed by atoms with Gasteiger partial charge in [0.1, 0.15) is 0 Å². The van der Waals surface area contributed by atoms with Crippen molar-refractivity contribution in [2.75, 3.05) is 36.5 Å². The zero-order valence-electron chi connectivity index (χ0n) is 15.3. The maximum atomic E-state index is 12.2. The molecule has 1 aromatic carbocycles. The Labute approximate surface area is 149 Å². The predicted octanol–water partition coefficient (Wildman–Crippen LogP) is 2.83. The molecule has 1 aliphatic heterocycles. The van der Waals surface area contributed by atoms with Crippen molar-refractivity contribution >= 4 is 23.3 Å². The Morgan fingerprint density at radius 3 is 2.40 bits per heavy atom. The van der Waals surface area contributed by atoms with Gasteiger partial charge in [-0.1, -0.05) is 13.8 Å². The van der Waals surface area contributed by atoms with E-state index < -0.39 is 6.10 Å². The molecule has 0 radical (unpaired) electrons. The van der Waals surface area contributed by atoms with E-state index in [1.165, 1.54) is 0 Å². The molecule has 0 aromatic heterocycles. The van der Waals surface area contributed by atoms with Crippen LogP contribution in [0.4, 0.5) is 11.4 Å². The molecular formula is C19H28N2O4. The molecule has 6 nitrogen and oxygen atoms in total. The molecule has 1 heterocycles. The van der Waals surface area contributed by atoms with Crippen molar-refractivity contribution in [3.05, 3.63) is 24.3 Å². The highest BCUT2D eigenvalue weighted by Crippen LogP contribution is 2.19. The van der Waals surface area contributed by atoms with Gasteiger partial charge in [0.05, 0.1) is 13.2 Å². The van der Waals surface area contributed by atoms with Crippen molar-refractivity contribution in [3.63, 3.8) is 0 Å². The fourth-order valence-corrected chi connectivity index (χ4v) is 2.54. The van der Waals surface area contributed by atoms with Gasteiger partial charge in [-0.25, -0.2) is 0 Å². The number of amides is 1. The lowest BCUT2D eigenvalue weighted by Gasteiger charge is -2.28. The summed E-state index contributed by atoms with van der Waals surface area (Å²) in [5.74, 6) is -0.224. The molecule has 1 N–H and O–H groups in total. The highest BCUT2D eigenvalue weighted by atomic mass is 16.5. The average molecular weight is 348 g/mol. The van der Waals surface area contributed by atoms with Gasteiger partial charge in [0.25, 0.3) is 5.91 Å². The van der Waals surface area contributed by atoms with Crippen molar-refractivity contribution in [2.24, 2.45) is 5.92 Å². The van der Waals surface area contributed by atoms with Crippen LogP contribution in [0, 0.1) is 5.92 Å². The first kappa shape index (κ1) is 19.2. The Morgan fingerprint density at radius 2 is 1.80 bits per heavy atom. The van der Waals surface area contributed by atoms with E-state index >= 15 is 0 Å². The molecule has 1 aromatic rings. The third kappa shape index (κ3) is 6.38. The first-order chi connectivity index (χ1) is 12.0. The van der Waals surface area contributed by atoms with E-state index in [0.717, 1.165) is 38.4 Å². The van der Waals surface area contributed by atoms with Crippen LogP contribution in [0.25, 0.3) is 0 Å². The van der Waals surface area contributed by atoms with Gasteiger partial charge in [-0.15, -0.1) is 0 Å². The molecule has 1 fully saturated rings. The normalized spacial score (nSPS) is 15.8. The molecule has 1 aliphatic rings. The second-order valence-electron chi connectivity index (χ2n) is 6.70. The summed E-state index contributed by atoms with van der Waals surface area (Å²) >= 11 is 0. The summed E-state index contributed by atoms with van der Waals surface area (Å²) in [7, 11) is 0. The van der Waals surface area contributed by atoms with Crippen LogP contribution in [0.1, 0.15) is 33.6 Å². The summed E-state index contributed by atoms with van der Waals surface area (Å²) in [6.45, 7) is 8.89. The number of rotatable bonds is 7. The number of hydrogen-bond donors (Lipinski definition) is 1. The number of carbonyl (C=O) groups is 2. The van der Waals surface area contributed by atoms with Crippen LogP contribution in [0.15, 0.2) is 24.3 Å². The third-order valence-electron chi connectivity index (χ3n) is 4.11. The summed E-state index contributed by atoms with van der Waals surface area (Å²) < 4.78 is 10.5. The van der Waals surface area contributed by atoms with E-state index in [9.17, 15) is 9.59 Å². The SMILES string of the molecule is CC(C)CCC(=O)O[C@H](C)C(=O)Nc1ccc(N2CCOCC2)cc1. The van der Waals surface area contributed by atoms with Crippen LogP contribution in [-0.4, -0.2) is 44.3 Å². The number of nitrogens with one attached hydrogen (secondary N) is 1. The summed E-state index contributed by atoms with van der Waals surface area (Å²) in [4.78, 5) is 26.1. The highest BCUT2D eigenvalue weighted by molar-refractivity contribution is 5.95. The first-order valence-corrected chi connectivity index (χ1v) is 8.89. The van der Waals surface area contributed by atoms with Gasteiger partial charge >= 0.3 is 5.97 Å². The van der Waals surface area contributed by atoms with Crippen molar-refractivity contribution < 1.29 is 19.1 Å². The van der Waals surface area contributed by atoms with E-state index in [2.05, 4.69) is 10.2 Å². The van der Waals surface area contributed by atoms with Gasteiger partial charge in [0.15, 0.2) is 6.10 Å². The molecule has 0 saturated carbocycles. The molecule has 0 aliphatic carbocycles. The zero-order valence-corrected chi connectivity index (χ0v) is 15.3. The first-order valence-electron chi connectivity index (χ1n) is 8.89. The van der Waals surface area contributed by atoms with Gasteiger partial charge in [0, 0.05) is 30.9 Å². The van der Waals surface area contributed by atoms with E-state index in [1.54, 1.807) is 6.92 Å². The summed E-state index contributed by atoms with van der Waals surface area (Å²) in [5, 5.41) is 2.78. The highest BCUT2D eigenvalue weighted by Gasteiger charge is 2.18. The largest absolute Gasteiger partial charge is 0.453 e. The van der Waals surface area contributed by atoms with E-state index in [4.69, 9.17) is 9.47 Å². The van der Waals surface area contributed by atoms with E-state index in [-0.39, 0.29) is 11.9 Å². The van der Waals surface area contributed by atoms with Crippen LogP contribution in [0.3, 0.4) is 0 Å². The minimum atomic E-state index is -0.807. The molecule has 1 saturated heterocycles. The molecule has 0 unspecified atom stereocenters. The van der Waals surface area contributed by atoms with Crippen molar-refractivity contribution in [2.45, 2.75) is 39.7 Å². The molecule has 0 bridgehead atoms. The Bertz CT molecular complexity index is 565. The number of carbonyl (C=O) groups excluding carboxylic acids is 2. The second kappa shape index (κ2) is 9.42. The molecule has 138 valence electrons.